The van der Waals surface area contributed by atoms with Gasteiger partial charge in [0, 0.05) is 16.5 Å². The zero-order valence-corrected chi connectivity index (χ0v) is 8.06. The molecular weight excluding hydrogens is 134 g/mol. The molecule has 0 aliphatic carbocycles. The molecule has 0 saturated heterocycles. The number of hydrogen-bond acceptors (Lipinski definition) is 0. The fourth-order valence-electron chi connectivity index (χ4n) is 0.493. The van der Waals surface area contributed by atoms with E-state index < -0.39 is 0 Å². The van der Waals surface area contributed by atoms with Crippen molar-refractivity contribution in [3.63, 3.8) is 0 Å². The van der Waals surface area contributed by atoms with Gasteiger partial charge in [0.25, 0.3) is 0 Å². The molecule has 0 aromatic rings. The van der Waals surface area contributed by atoms with Crippen LogP contribution in [0.5, 0.6) is 0 Å². The molecule has 2 heteroatoms. The molecule has 0 bridgehead atoms. The predicted octanol–water partition coefficient (Wildman–Crippen LogP) is 2.81. The Labute approximate surface area is 56.3 Å². The lowest BCUT2D eigenvalue weighted by molar-refractivity contribution is 1.10. The molecule has 0 nitrogen and oxygen atoms in total. The van der Waals surface area contributed by atoms with Crippen molar-refractivity contribution in [2.24, 2.45) is 0 Å². The summed E-state index contributed by atoms with van der Waals surface area (Å²) in [6.45, 7) is 4.56. The maximum absolute atomic E-state index is 2.28. The lowest BCUT2D eigenvalue weighted by atomic mass is 10.6. The fourth-order valence-corrected chi connectivity index (χ4v) is 4.44. The molecule has 0 saturated carbocycles. The van der Waals surface area contributed by atoms with Crippen LogP contribution < -0.4 is 0 Å². The Morgan fingerprint density at radius 3 is 2.50 bits per heavy atom. The van der Waals surface area contributed by atoms with Crippen LogP contribution in [0.15, 0.2) is 0 Å². The third-order valence-corrected chi connectivity index (χ3v) is 5.51. The van der Waals surface area contributed by atoms with E-state index in [4.69, 9.17) is 0 Å². The second kappa shape index (κ2) is 7.86. The average Bonchev–Trinajstić information content (AvgIpc) is 1.81. The van der Waals surface area contributed by atoms with Crippen molar-refractivity contribution >= 4 is 16.5 Å². The third-order valence-electron chi connectivity index (χ3n) is 0.972. The standard InChI is InChI=1S/C6H16P2/c1-3-5-7-8-6-4-2/h7-8H,3-6H2,1-2H3/p+1. The van der Waals surface area contributed by atoms with Gasteiger partial charge in [0.05, 0.1) is 6.16 Å². The summed E-state index contributed by atoms with van der Waals surface area (Å²) in [5.74, 6) is 0. The largest absolute Gasteiger partial charge is 0.0649 e. The molecule has 0 radical (unpaired) electrons. The van der Waals surface area contributed by atoms with E-state index >= 15 is 0 Å². The lowest BCUT2D eigenvalue weighted by Crippen LogP contribution is -1.66. The van der Waals surface area contributed by atoms with E-state index in [0.29, 0.717) is 0 Å². The van der Waals surface area contributed by atoms with Gasteiger partial charge in [-0.15, -0.1) is 0 Å². The summed E-state index contributed by atoms with van der Waals surface area (Å²) in [7, 11) is 2.17. The Bertz CT molecular complexity index is 31.5. The Hall–Kier alpha value is 0.860. The van der Waals surface area contributed by atoms with Crippen LogP contribution in [0.25, 0.3) is 0 Å². The molecule has 0 amide bonds. The van der Waals surface area contributed by atoms with Crippen LogP contribution in [0, 0.1) is 0 Å². The van der Waals surface area contributed by atoms with Crippen LogP contribution in [-0.4, -0.2) is 12.3 Å². The van der Waals surface area contributed by atoms with E-state index in [1.54, 1.807) is 0 Å². The van der Waals surface area contributed by atoms with Crippen molar-refractivity contribution in [3.05, 3.63) is 0 Å². The zero-order valence-electron chi connectivity index (χ0n) is 5.91. The summed E-state index contributed by atoms with van der Waals surface area (Å²) in [5.41, 5.74) is 0. The topological polar surface area (TPSA) is 0 Å². The Morgan fingerprint density at radius 2 is 2.00 bits per heavy atom. The van der Waals surface area contributed by atoms with Crippen LogP contribution in [-0.2, 0) is 0 Å². The highest BCUT2D eigenvalue weighted by Crippen LogP contribution is 2.36. The SMILES string of the molecule is CCCP[PH2+]CCC. The van der Waals surface area contributed by atoms with Crippen LogP contribution >= 0.6 is 16.5 Å². The van der Waals surface area contributed by atoms with Gasteiger partial charge >= 0.3 is 0 Å². The van der Waals surface area contributed by atoms with Crippen LogP contribution in [0.1, 0.15) is 26.7 Å². The first-order valence-corrected chi connectivity index (χ1v) is 7.30. The van der Waals surface area contributed by atoms with Crippen molar-refractivity contribution in [1.29, 1.82) is 0 Å². The zero-order chi connectivity index (χ0) is 6.24. The van der Waals surface area contributed by atoms with Gasteiger partial charge in [0.15, 0.2) is 0 Å². The molecule has 0 aromatic carbocycles. The molecule has 0 aromatic heterocycles. The monoisotopic (exact) mass is 151 g/mol. The van der Waals surface area contributed by atoms with Crippen LogP contribution in [0.3, 0.4) is 0 Å². The minimum Gasteiger partial charge on any atom is -0.0649 e. The quantitative estimate of drug-likeness (QED) is 0.418. The van der Waals surface area contributed by atoms with Crippen molar-refractivity contribution in [1.82, 2.24) is 0 Å². The van der Waals surface area contributed by atoms with Gasteiger partial charge < -0.3 is 0 Å². The van der Waals surface area contributed by atoms with Gasteiger partial charge in [-0.1, -0.05) is 13.8 Å². The molecule has 2 unspecified atom stereocenters. The summed E-state index contributed by atoms with van der Waals surface area (Å²) in [6, 6.07) is 0. The molecule has 0 heterocycles. The minimum absolute atomic E-state index is 0.847. The van der Waals surface area contributed by atoms with Crippen molar-refractivity contribution in [2.75, 3.05) is 12.3 Å². The highest BCUT2D eigenvalue weighted by Gasteiger charge is 1.89. The Balaban J connectivity index is 2.53. The molecule has 8 heavy (non-hydrogen) atoms. The Kier molecular flexibility index (Phi) is 8.70. The summed E-state index contributed by atoms with van der Waals surface area (Å²) < 4.78 is 0. The molecule has 0 spiro atoms. The second-order valence-corrected chi connectivity index (χ2v) is 6.29. The molecule has 0 fully saturated rings. The molecule has 50 valence electrons. The maximum atomic E-state index is 2.28. The van der Waals surface area contributed by atoms with Gasteiger partial charge in [0.2, 0.25) is 0 Å². The summed E-state index contributed by atoms with van der Waals surface area (Å²) in [6.07, 6.45) is 5.83. The second-order valence-electron chi connectivity index (χ2n) is 1.95. The van der Waals surface area contributed by atoms with Crippen LogP contribution in [0.4, 0.5) is 0 Å². The van der Waals surface area contributed by atoms with E-state index in [9.17, 15) is 0 Å². The van der Waals surface area contributed by atoms with Gasteiger partial charge in [0.1, 0.15) is 0 Å². The van der Waals surface area contributed by atoms with Gasteiger partial charge in [-0.05, 0) is 19.0 Å². The van der Waals surface area contributed by atoms with E-state index in [-0.39, 0.29) is 0 Å². The summed E-state index contributed by atoms with van der Waals surface area (Å²) in [4.78, 5) is 0. The maximum Gasteiger partial charge on any atom is 0.0566 e. The van der Waals surface area contributed by atoms with E-state index in [1.807, 2.05) is 0 Å². The van der Waals surface area contributed by atoms with Crippen molar-refractivity contribution in [2.45, 2.75) is 26.7 Å². The molecule has 0 N–H and O–H groups in total. The molecule has 0 rings (SSSR count). The van der Waals surface area contributed by atoms with Gasteiger partial charge in [-0.2, -0.15) is 0 Å². The molecule has 0 aliphatic heterocycles. The predicted molar refractivity (Wildman–Crippen MR) is 48.3 cm³/mol. The summed E-state index contributed by atoms with van der Waals surface area (Å²) >= 11 is 0. The molecule has 0 aliphatic rings. The van der Waals surface area contributed by atoms with Crippen molar-refractivity contribution < 1.29 is 0 Å². The Morgan fingerprint density at radius 1 is 1.25 bits per heavy atom. The van der Waals surface area contributed by atoms with Crippen LogP contribution in [0.2, 0.25) is 0 Å². The number of hydrogen-bond donors (Lipinski definition) is 0. The lowest BCUT2D eigenvalue weighted by Gasteiger charge is -1.87. The van der Waals surface area contributed by atoms with Gasteiger partial charge in [-0.25, -0.2) is 0 Å². The average molecular weight is 151 g/mol. The minimum atomic E-state index is 0.847. The van der Waals surface area contributed by atoms with E-state index in [2.05, 4.69) is 13.8 Å². The smallest absolute Gasteiger partial charge is 0.0566 e. The summed E-state index contributed by atoms with van der Waals surface area (Å²) in [5, 5.41) is 0. The van der Waals surface area contributed by atoms with E-state index in [0.717, 1.165) is 8.27 Å². The van der Waals surface area contributed by atoms with Crippen molar-refractivity contribution in [3.8, 4) is 0 Å². The number of rotatable bonds is 5. The first-order valence-electron chi connectivity index (χ1n) is 3.46. The highest BCUT2D eigenvalue weighted by atomic mass is 32.0. The van der Waals surface area contributed by atoms with E-state index in [1.165, 1.54) is 33.4 Å². The first kappa shape index (κ1) is 8.86. The van der Waals surface area contributed by atoms with Gasteiger partial charge in [-0.3, -0.25) is 0 Å². The fraction of sp³-hybridized carbons (Fsp3) is 1.00. The third kappa shape index (κ3) is 6.86. The highest BCUT2D eigenvalue weighted by molar-refractivity contribution is 8.11. The molecule has 2 atom stereocenters. The normalized spacial score (nSPS) is 12.8. The first-order chi connectivity index (χ1) is 3.91. The molecular formula is C6H17P2+.